The molecule has 0 atom stereocenters. The Morgan fingerprint density at radius 2 is 1.88 bits per heavy atom. The SMILES string of the molecule is N#Cc1ccc(-n2ccc3c(C=C4NC(=O)SC4=O)cccc32)cc1. The molecule has 0 unspecified atom stereocenters. The molecule has 6 heteroatoms. The molecule has 120 valence electrons. The van der Waals surface area contributed by atoms with Gasteiger partial charge in [-0.1, -0.05) is 12.1 Å². The van der Waals surface area contributed by atoms with Gasteiger partial charge in [-0.05, 0) is 48.0 Å². The average Bonchev–Trinajstić information content (AvgIpc) is 3.19. The zero-order valence-electron chi connectivity index (χ0n) is 12.9. The summed E-state index contributed by atoms with van der Waals surface area (Å²) in [6.07, 6.45) is 3.64. The van der Waals surface area contributed by atoms with Gasteiger partial charge in [-0.2, -0.15) is 5.26 Å². The van der Waals surface area contributed by atoms with Gasteiger partial charge in [0.25, 0.3) is 5.24 Å². The smallest absolute Gasteiger partial charge is 0.291 e. The van der Waals surface area contributed by atoms with Crippen molar-refractivity contribution in [1.82, 2.24) is 9.88 Å². The Labute approximate surface area is 147 Å². The third kappa shape index (κ3) is 2.71. The summed E-state index contributed by atoms with van der Waals surface area (Å²) in [5, 5.41) is 11.8. The van der Waals surface area contributed by atoms with E-state index in [2.05, 4.69) is 11.4 Å². The quantitative estimate of drug-likeness (QED) is 0.716. The maximum atomic E-state index is 11.8. The number of rotatable bonds is 2. The zero-order valence-corrected chi connectivity index (χ0v) is 13.7. The number of hydrogen-bond acceptors (Lipinski definition) is 4. The van der Waals surface area contributed by atoms with Crippen LogP contribution >= 0.6 is 11.8 Å². The van der Waals surface area contributed by atoms with Crippen molar-refractivity contribution in [2.75, 3.05) is 0 Å². The van der Waals surface area contributed by atoms with Gasteiger partial charge in [0.05, 0.1) is 22.8 Å². The van der Waals surface area contributed by atoms with Gasteiger partial charge >= 0.3 is 0 Å². The lowest BCUT2D eigenvalue weighted by molar-refractivity contribution is -0.107. The molecular weight excluding hydrogens is 334 g/mol. The minimum atomic E-state index is -0.349. The van der Waals surface area contributed by atoms with E-state index in [1.54, 1.807) is 18.2 Å². The average molecular weight is 345 g/mol. The minimum absolute atomic E-state index is 0.270. The van der Waals surface area contributed by atoms with Crippen LogP contribution in [0.5, 0.6) is 0 Å². The number of carbonyl (C=O) groups is 2. The highest BCUT2D eigenvalue weighted by molar-refractivity contribution is 8.27. The molecule has 4 rings (SSSR count). The molecule has 1 amide bonds. The number of carbonyl (C=O) groups excluding carboxylic acids is 2. The maximum absolute atomic E-state index is 11.8. The maximum Gasteiger partial charge on any atom is 0.291 e. The van der Waals surface area contributed by atoms with Crippen LogP contribution in [-0.4, -0.2) is 14.9 Å². The molecular formula is C19H11N3O2S. The summed E-state index contributed by atoms with van der Waals surface area (Å²) >= 11 is 0.670. The Morgan fingerprint density at radius 3 is 2.56 bits per heavy atom. The first-order valence-electron chi connectivity index (χ1n) is 7.51. The molecule has 0 spiro atoms. The van der Waals surface area contributed by atoms with Crippen molar-refractivity contribution >= 4 is 39.1 Å². The topological polar surface area (TPSA) is 74.9 Å². The molecule has 2 heterocycles. The van der Waals surface area contributed by atoms with Gasteiger partial charge < -0.3 is 9.88 Å². The number of nitrogens with one attached hydrogen (secondary N) is 1. The number of aromatic nitrogens is 1. The lowest BCUT2D eigenvalue weighted by atomic mass is 10.1. The van der Waals surface area contributed by atoms with Gasteiger partial charge in [-0.25, -0.2) is 0 Å². The Kier molecular flexibility index (Phi) is 3.64. The summed E-state index contributed by atoms with van der Waals surface area (Å²) in [5.74, 6) is 0. The number of hydrogen-bond donors (Lipinski definition) is 1. The van der Waals surface area contributed by atoms with Crippen molar-refractivity contribution in [2.24, 2.45) is 0 Å². The predicted molar refractivity (Wildman–Crippen MR) is 97.1 cm³/mol. The second-order valence-corrected chi connectivity index (χ2v) is 6.43. The third-order valence-electron chi connectivity index (χ3n) is 3.98. The molecule has 1 saturated heterocycles. The summed E-state index contributed by atoms with van der Waals surface area (Å²) in [6.45, 7) is 0. The summed E-state index contributed by atoms with van der Waals surface area (Å²) in [7, 11) is 0. The van der Waals surface area contributed by atoms with Crippen LogP contribution in [0.2, 0.25) is 0 Å². The third-order valence-corrected chi connectivity index (χ3v) is 4.68. The van der Waals surface area contributed by atoms with Crippen LogP contribution in [0.3, 0.4) is 0 Å². The van der Waals surface area contributed by atoms with Crippen LogP contribution in [0.1, 0.15) is 11.1 Å². The number of fused-ring (bicyclic) bond motifs is 1. The summed E-state index contributed by atoms with van der Waals surface area (Å²) in [6, 6.07) is 17.2. The lowest BCUT2D eigenvalue weighted by Crippen LogP contribution is -2.10. The fraction of sp³-hybridized carbons (Fsp3) is 0. The molecule has 1 aliphatic rings. The van der Waals surface area contributed by atoms with E-state index in [1.807, 2.05) is 47.2 Å². The summed E-state index contributed by atoms with van der Waals surface area (Å²) in [5.41, 5.74) is 3.69. The molecule has 3 aromatic rings. The highest BCUT2D eigenvalue weighted by atomic mass is 32.2. The number of benzene rings is 2. The van der Waals surface area contributed by atoms with E-state index in [-0.39, 0.29) is 10.4 Å². The van der Waals surface area contributed by atoms with Crippen molar-refractivity contribution < 1.29 is 9.59 Å². The van der Waals surface area contributed by atoms with Crippen molar-refractivity contribution in [2.45, 2.75) is 0 Å². The highest BCUT2D eigenvalue weighted by Gasteiger charge is 2.25. The molecule has 0 aliphatic carbocycles. The fourth-order valence-corrected chi connectivity index (χ4v) is 3.36. The first-order chi connectivity index (χ1) is 12.2. The molecule has 0 radical (unpaired) electrons. The Balaban J connectivity index is 1.81. The van der Waals surface area contributed by atoms with Gasteiger partial charge in [0.15, 0.2) is 0 Å². The second-order valence-electron chi connectivity index (χ2n) is 5.48. The lowest BCUT2D eigenvalue weighted by Gasteiger charge is -2.06. The van der Waals surface area contributed by atoms with Crippen LogP contribution in [0.4, 0.5) is 4.79 Å². The molecule has 1 fully saturated rings. The van der Waals surface area contributed by atoms with Gasteiger partial charge in [0.2, 0.25) is 5.12 Å². The number of amides is 1. The fourth-order valence-electron chi connectivity index (χ4n) is 2.82. The normalized spacial score (nSPS) is 15.6. The molecule has 0 saturated carbocycles. The molecule has 1 aromatic heterocycles. The van der Waals surface area contributed by atoms with Crippen LogP contribution in [0.25, 0.3) is 22.7 Å². The highest BCUT2D eigenvalue weighted by Crippen LogP contribution is 2.27. The van der Waals surface area contributed by atoms with Crippen LogP contribution in [0.15, 0.2) is 60.4 Å². The van der Waals surface area contributed by atoms with Crippen LogP contribution < -0.4 is 5.32 Å². The van der Waals surface area contributed by atoms with Crippen molar-refractivity contribution in [3.63, 3.8) is 0 Å². The standard InChI is InChI=1S/C19H11N3O2S/c20-11-12-4-6-14(7-5-12)22-9-8-15-13(2-1-3-17(15)22)10-16-18(23)25-19(24)21-16/h1-10H,(H,21,24). The van der Waals surface area contributed by atoms with Crippen molar-refractivity contribution in [1.29, 1.82) is 5.26 Å². The van der Waals surface area contributed by atoms with Gasteiger partial charge in [0, 0.05) is 29.0 Å². The molecule has 1 aliphatic heterocycles. The van der Waals surface area contributed by atoms with E-state index in [0.717, 1.165) is 22.2 Å². The van der Waals surface area contributed by atoms with Gasteiger partial charge in [-0.15, -0.1) is 0 Å². The summed E-state index contributed by atoms with van der Waals surface area (Å²) < 4.78 is 2.02. The van der Waals surface area contributed by atoms with E-state index < -0.39 is 0 Å². The number of nitrogens with zero attached hydrogens (tertiary/aromatic N) is 2. The first kappa shape index (κ1) is 15.2. The molecule has 25 heavy (non-hydrogen) atoms. The Hall–Kier alpha value is -3.30. The number of thioether (sulfide) groups is 1. The molecule has 2 aromatic carbocycles. The zero-order chi connectivity index (χ0) is 17.4. The van der Waals surface area contributed by atoms with E-state index in [4.69, 9.17) is 5.26 Å². The molecule has 5 nitrogen and oxygen atoms in total. The Morgan fingerprint density at radius 1 is 1.08 bits per heavy atom. The monoisotopic (exact) mass is 345 g/mol. The van der Waals surface area contributed by atoms with Crippen molar-refractivity contribution in [3.8, 4) is 11.8 Å². The van der Waals surface area contributed by atoms with Crippen LogP contribution in [0, 0.1) is 11.3 Å². The number of nitriles is 1. The summed E-state index contributed by atoms with van der Waals surface area (Å²) in [4.78, 5) is 23.1. The Bertz CT molecular complexity index is 1090. The van der Waals surface area contributed by atoms with E-state index in [0.29, 0.717) is 23.0 Å². The first-order valence-corrected chi connectivity index (χ1v) is 8.33. The van der Waals surface area contributed by atoms with Gasteiger partial charge in [0.1, 0.15) is 0 Å². The van der Waals surface area contributed by atoms with E-state index in [9.17, 15) is 9.59 Å². The molecule has 0 bridgehead atoms. The van der Waals surface area contributed by atoms with Crippen molar-refractivity contribution in [3.05, 3.63) is 71.6 Å². The van der Waals surface area contributed by atoms with Crippen LogP contribution in [-0.2, 0) is 4.79 Å². The largest absolute Gasteiger partial charge is 0.317 e. The minimum Gasteiger partial charge on any atom is -0.317 e. The predicted octanol–water partition coefficient (Wildman–Crippen LogP) is 3.83. The second kappa shape index (κ2) is 5.96. The van der Waals surface area contributed by atoms with E-state index >= 15 is 0 Å². The van der Waals surface area contributed by atoms with Gasteiger partial charge in [-0.3, -0.25) is 9.59 Å². The molecule has 1 N–H and O–H groups in total. The van der Waals surface area contributed by atoms with E-state index in [1.165, 1.54) is 0 Å².